The van der Waals surface area contributed by atoms with Crippen molar-refractivity contribution in [1.29, 1.82) is 0 Å². The molecule has 1 amide bonds. The Morgan fingerprint density at radius 2 is 1.93 bits per heavy atom. The van der Waals surface area contributed by atoms with Gasteiger partial charge in [0.05, 0.1) is 11.6 Å². The van der Waals surface area contributed by atoms with E-state index in [0.717, 1.165) is 10.0 Å². The van der Waals surface area contributed by atoms with E-state index in [1.165, 1.54) is 23.1 Å². The number of halogens is 2. The molecule has 0 aliphatic rings. The number of hydrogen-bond acceptors (Lipinski definition) is 2. The molecule has 0 aliphatic carbocycles. The van der Waals surface area contributed by atoms with Crippen LogP contribution in [0.4, 0.5) is 9.18 Å². The Morgan fingerprint density at radius 3 is 2.48 bits per heavy atom. The topological polar surface area (TPSA) is 60.8 Å². The van der Waals surface area contributed by atoms with Crippen LogP contribution in [0.5, 0.6) is 0 Å². The Balaban J connectivity index is 2.24. The molecule has 144 valence electrons. The van der Waals surface area contributed by atoms with Crippen LogP contribution in [0.15, 0.2) is 65.7 Å². The fraction of sp³-hybridized carbons (Fsp3) is 0.286. The molecule has 0 aliphatic heterocycles. The van der Waals surface area contributed by atoms with Gasteiger partial charge >= 0.3 is 6.09 Å². The van der Waals surface area contributed by atoms with E-state index in [-0.39, 0.29) is 24.9 Å². The Kier molecular flexibility index (Phi) is 7.16. The molecule has 0 saturated heterocycles. The first-order valence-electron chi connectivity index (χ1n) is 8.62. The zero-order valence-electron chi connectivity index (χ0n) is 15.1. The second-order valence-electron chi connectivity index (χ2n) is 6.46. The number of aliphatic hydroxyl groups is 1. The van der Waals surface area contributed by atoms with Crippen molar-refractivity contribution in [2.24, 2.45) is 0 Å². The predicted molar refractivity (Wildman–Crippen MR) is 107 cm³/mol. The molecular formula is C21H23BrFNO3. The van der Waals surface area contributed by atoms with Crippen molar-refractivity contribution < 1.29 is 19.4 Å². The van der Waals surface area contributed by atoms with E-state index in [2.05, 4.69) is 22.5 Å². The molecule has 0 aromatic heterocycles. The van der Waals surface area contributed by atoms with Crippen LogP contribution < -0.4 is 0 Å². The average molecular weight is 436 g/mol. The maximum atomic E-state index is 14.2. The molecule has 2 atom stereocenters. The molecule has 2 unspecified atom stereocenters. The molecule has 2 aromatic rings. The second-order valence-corrected chi connectivity index (χ2v) is 7.37. The maximum absolute atomic E-state index is 14.2. The van der Waals surface area contributed by atoms with Crippen LogP contribution >= 0.6 is 15.9 Å². The van der Waals surface area contributed by atoms with Gasteiger partial charge in [0.25, 0.3) is 0 Å². The molecule has 2 N–H and O–H groups in total. The van der Waals surface area contributed by atoms with Crippen molar-refractivity contribution in [3.8, 4) is 0 Å². The third-order valence-corrected chi connectivity index (χ3v) is 5.22. The molecule has 2 aromatic carbocycles. The summed E-state index contributed by atoms with van der Waals surface area (Å²) in [7, 11) is 0. The third-order valence-electron chi connectivity index (χ3n) is 4.69. The highest BCUT2D eigenvalue weighted by Gasteiger charge is 2.33. The number of hydrogen-bond donors (Lipinski definition) is 2. The Hall–Kier alpha value is -2.18. The predicted octanol–water partition coefficient (Wildman–Crippen LogP) is 5.48. The zero-order valence-corrected chi connectivity index (χ0v) is 16.7. The quantitative estimate of drug-likeness (QED) is 0.539. The SMILES string of the molecule is C=CCC(O)(CCN(C(=O)O)C(C)c1ccc(Br)cc1)c1ccccc1F. The first-order chi connectivity index (χ1) is 12.8. The molecule has 0 spiro atoms. The number of carbonyl (C=O) groups is 1. The van der Waals surface area contributed by atoms with Crippen molar-refractivity contribution in [3.05, 3.63) is 82.6 Å². The third kappa shape index (κ3) is 5.17. The van der Waals surface area contributed by atoms with E-state index in [9.17, 15) is 19.4 Å². The number of rotatable bonds is 8. The summed E-state index contributed by atoms with van der Waals surface area (Å²) < 4.78 is 15.1. The van der Waals surface area contributed by atoms with Gasteiger partial charge < -0.3 is 15.1 Å². The average Bonchev–Trinajstić information content (AvgIpc) is 2.62. The molecular weight excluding hydrogens is 413 g/mol. The van der Waals surface area contributed by atoms with Crippen LogP contribution in [0.2, 0.25) is 0 Å². The van der Waals surface area contributed by atoms with E-state index in [1.54, 1.807) is 19.1 Å². The lowest BCUT2D eigenvalue weighted by Crippen LogP contribution is -2.38. The molecule has 2 rings (SSSR count). The molecule has 0 saturated carbocycles. The van der Waals surface area contributed by atoms with Gasteiger partial charge in [-0.25, -0.2) is 9.18 Å². The lowest BCUT2D eigenvalue weighted by Gasteiger charge is -2.33. The van der Waals surface area contributed by atoms with Crippen LogP contribution in [0.1, 0.15) is 36.9 Å². The Bertz CT molecular complexity index is 796. The van der Waals surface area contributed by atoms with E-state index < -0.39 is 23.6 Å². The highest BCUT2D eigenvalue weighted by atomic mass is 79.9. The Morgan fingerprint density at radius 1 is 1.30 bits per heavy atom. The molecule has 6 heteroatoms. The first-order valence-corrected chi connectivity index (χ1v) is 9.41. The van der Waals surface area contributed by atoms with Crippen LogP contribution in [0.25, 0.3) is 0 Å². The van der Waals surface area contributed by atoms with Crippen molar-refractivity contribution in [2.75, 3.05) is 6.54 Å². The summed E-state index contributed by atoms with van der Waals surface area (Å²) in [5.74, 6) is -0.523. The molecule has 27 heavy (non-hydrogen) atoms. The number of nitrogens with zero attached hydrogens (tertiary/aromatic N) is 1. The first kappa shape index (κ1) is 21.1. The number of benzene rings is 2. The van der Waals surface area contributed by atoms with Gasteiger partial charge in [-0.15, -0.1) is 6.58 Å². The van der Waals surface area contributed by atoms with Crippen LogP contribution in [-0.4, -0.2) is 27.8 Å². The summed E-state index contributed by atoms with van der Waals surface area (Å²) in [4.78, 5) is 13.0. The number of carboxylic acid groups (broad SMARTS) is 1. The fourth-order valence-corrected chi connectivity index (χ4v) is 3.37. The maximum Gasteiger partial charge on any atom is 0.407 e. The highest BCUT2D eigenvalue weighted by molar-refractivity contribution is 9.10. The summed E-state index contributed by atoms with van der Waals surface area (Å²) in [6, 6.07) is 13.0. The number of amides is 1. The molecule has 0 heterocycles. The summed E-state index contributed by atoms with van der Waals surface area (Å²) in [5, 5.41) is 20.7. The second kappa shape index (κ2) is 9.15. The highest BCUT2D eigenvalue weighted by Crippen LogP contribution is 2.33. The normalized spacial score (nSPS) is 14.2. The van der Waals surface area contributed by atoms with E-state index in [0.29, 0.717) is 0 Å². The summed E-state index contributed by atoms with van der Waals surface area (Å²) in [6.07, 6.45) is 0.580. The van der Waals surface area contributed by atoms with Gasteiger partial charge in [0.15, 0.2) is 0 Å². The van der Waals surface area contributed by atoms with Gasteiger partial charge in [-0.2, -0.15) is 0 Å². The van der Waals surface area contributed by atoms with Crippen molar-refractivity contribution in [3.63, 3.8) is 0 Å². The van der Waals surface area contributed by atoms with Gasteiger partial charge in [-0.05, 0) is 43.5 Å². The van der Waals surface area contributed by atoms with E-state index in [1.807, 2.05) is 24.3 Å². The molecule has 0 radical (unpaired) electrons. The molecule has 4 nitrogen and oxygen atoms in total. The lowest BCUT2D eigenvalue weighted by atomic mass is 9.86. The van der Waals surface area contributed by atoms with E-state index >= 15 is 0 Å². The monoisotopic (exact) mass is 435 g/mol. The molecule has 0 bridgehead atoms. The van der Waals surface area contributed by atoms with Crippen LogP contribution in [-0.2, 0) is 5.60 Å². The van der Waals surface area contributed by atoms with Gasteiger partial charge in [0.1, 0.15) is 5.82 Å². The van der Waals surface area contributed by atoms with Gasteiger partial charge in [-0.3, -0.25) is 0 Å². The minimum atomic E-state index is -1.53. The van der Waals surface area contributed by atoms with Crippen molar-refractivity contribution in [2.45, 2.75) is 31.4 Å². The summed E-state index contributed by atoms with van der Waals surface area (Å²) in [6.45, 7) is 5.47. The fourth-order valence-electron chi connectivity index (χ4n) is 3.11. The standard InChI is InChI=1S/C21H23BrFNO3/c1-3-12-21(27,18-6-4-5-7-19(18)23)13-14-24(20(25)26)15(2)16-8-10-17(22)11-9-16/h3-11,15,27H,1,12-14H2,2H3,(H,25,26). The van der Waals surface area contributed by atoms with Gasteiger partial charge in [0.2, 0.25) is 0 Å². The summed E-state index contributed by atoms with van der Waals surface area (Å²) in [5.41, 5.74) is -0.550. The smallest absolute Gasteiger partial charge is 0.407 e. The molecule has 0 fully saturated rings. The largest absolute Gasteiger partial charge is 0.465 e. The van der Waals surface area contributed by atoms with E-state index in [4.69, 9.17) is 0 Å². The van der Waals surface area contributed by atoms with Gasteiger partial charge in [-0.1, -0.05) is 52.3 Å². The summed E-state index contributed by atoms with van der Waals surface area (Å²) >= 11 is 3.36. The minimum absolute atomic E-state index is 0.0469. The van der Waals surface area contributed by atoms with Crippen LogP contribution in [0, 0.1) is 5.82 Å². The lowest BCUT2D eigenvalue weighted by molar-refractivity contribution is 0.0144. The van der Waals surface area contributed by atoms with Crippen LogP contribution in [0.3, 0.4) is 0 Å². The zero-order chi connectivity index (χ0) is 20.0. The van der Waals surface area contributed by atoms with Gasteiger partial charge in [0, 0.05) is 16.6 Å². The van der Waals surface area contributed by atoms with Crippen molar-refractivity contribution >= 4 is 22.0 Å². The Labute approximate surface area is 167 Å². The minimum Gasteiger partial charge on any atom is -0.465 e. The van der Waals surface area contributed by atoms with Crippen molar-refractivity contribution in [1.82, 2.24) is 4.90 Å².